The van der Waals surface area contributed by atoms with Gasteiger partial charge in [0, 0.05) is 26.1 Å². The first-order valence-electron chi connectivity index (χ1n) is 9.43. The van der Waals surface area contributed by atoms with Crippen molar-refractivity contribution in [2.24, 2.45) is 0 Å². The molecule has 3 aliphatic rings. The maximum absolute atomic E-state index is 12.8. The molecule has 1 aromatic heterocycles. The zero-order valence-corrected chi connectivity index (χ0v) is 15.2. The van der Waals surface area contributed by atoms with Gasteiger partial charge in [-0.1, -0.05) is 12.1 Å². The van der Waals surface area contributed by atoms with E-state index in [1.54, 1.807) is 4.90 Å². The standard InChI is InChI=1S/C20H22N4O3/c1-23(20(25)18-12-26-16-4-2-3-5-17(16)27-18)14-10-24(11-14)19-9-8-15(21-22-19)13-6-7-13/h2-5,8-9,13-14,18H,6-7,10-12H2,1H3. The van der Waals surface area contributed by atoms with Crippen LogP contribution in [0.3, 0.4) is 0 Å². The molecule has 1 atom stereocenters. The molecule has 3 heterocycles. The molecule has 0 radical (unpaired) electrons. The van der Waals surface area contributed by atoms with Gasteiger partial charge in [0.15, 0.2) is 17.3 Å². The van der Waals surface area contributed by atoms with Crippen LogP contribution in [0.15, 0.2) is 36.4 Å². The third-order valence-electron chi connectivity index (χ3n) is 5.53. The molecule has 2 aromatic rings. The number of hydrogen-bond donors (Lipinski definition) is 0. The minimum atomic E-state index is -0.600. The summed E-state index contributed by atoms with van der Waals surface area (Å²) in [5, 5.41) is 8.68. The van der Waals surface area contributed by atoms with Gasteiger partial charge in [0.05, 0.1) is 11.7 Å². The Morgan fingerprint density at radius 2 is 1.89 bits per heavy atom. The Bertz CT molecular complexity index is 847. The minimum Gasteiger partial charge on any atom is -0.485 e. The molecule has 0 bridgehead atoms. The first-order valence-corrected chi connectivity index (χ1v) is 9.43. The number of benzene rings is 1. The van der Waals surface area contributed by atoms with Crippen LogP contribution in [-0.4, -0.2) is 59.9 Å². The summed E-state index contributed by atoms with van der Waals surface area (Å²) < 4.78 is 11.5. The van der Waals surface area contributed by atoms with Crippen LogP contribution in [0.1, 0.15) is 24.5 Å². The third-order valence-corrected chi connectivity index (χ3v) is 5.53. The molecule has 0 N–H and O–H groups in total. The van der Waals surface area contributed by atoms with E-state index in [9.17, 15) is 4.79 Å². The summed E-state index contributed by atoms with van der Waals surface area (Å²) >= 11 is 0. The Hall–Kier alpha value is -2.83. The second kappa shape index (κ2) is 6.40. The predicted octanol–water partition coefficient (Wildman–Crippen LogP) is 1.84. The van der Waals surface area contributed by atoms with Crippen LogP contribution in [0.5, 0.6) is 11.5 Å². The van der Waals surface area contributed by atoms with Crippen molar-refractivity contribution in [1.82, 2.24) is 15.1 Å². The Balaban J connectivity index is 1.17. The summed E-state index contributed by atoms with van der Waals surface area (Å²) in [4.78, 5) is 16.7. The molecule has 1 amide bonds. The highest BCUT2D eigenvalue weighted by Crippen LogP contribution is 2.39. The van der Waals surface area contributed by atoms with Crippen molar-refractivity contribution in [1.29, 1.82) is 0 Å². The average Bonchev–Trinajstić information content (AvgIpc) is 3.51. The van der Waals surface area contributed by atoms with Gasteiger partial charge in [0.2, 0.25) is 6.10 Å². The van der Waals surface area contributed by atoms with Gasteiger partial charge in [-0.05, 0) is 37.1 Å². The number of para-hydroxylation sites is 2. The molecule has 1 aromatic carbocycles. The quantitative estimate of drug-likeness (QED) is 0.823. The molecule has 2 aliphatic heterocycles. The SMILES string of the molecule is CN(C(=O)C1COc2ccccc2O1)C1CN(c2ccc(C3CC3)nn2)C1. The lowest BCUT2D eigenvalue weighted by Gasteiger charge is -2.45. The zero-order chi connectivity index (χ0) is 18.4. The molecule has 1 saturated heterocycles. The van der Waals surface area contributed by atoms with Gasteiger partial charge in [-0.2, -0.15) is 5.10 Å². The molecule has 7 heteroatoms. The summed E-state index contributed by atoms with van der Waals surface area (Å²) in [5.41, 5.74) is 1.10. The van der Waals surface area contributed by atoms with Gasteiger partial charge in [-0.15, -0.1) is 5.10 Å². The van der Waals surface area contributed by atoms with Crippen LogP contribution < -0.4 is 14.4 Å². The van der Waals surface area contributed by atoms with Crippen LogP contribution in [0, 0.1) is 0 Å². The topological polar surface area (TPSA) is 67.8 Å². The van der Waals surface area contributed by atoms with E-state index in [4.69, 9.17) is 9.47 Å². The monoisotopic (exact) mass is 366 g/mol. The summed E-state index contributed by atoms with van der Waals surface area (Å²) in [7, 11) is 1.83. The molecule has 2 fully saturated rings. The number of amides is 1. The fourth-order valence-corrected chi connectivity index (χ4v) is 3.54. The first-order chi connectivity index (χ1) is 13.2. The zero-order valence-electron chi connectivity index (χ0n) is 15.2. The molecule has 140 valence electrons. The number of ether oxygens (including phenoxy) is 2. The normalized spacial score (nSPS) is 21.5. The number of likely N-dealkylation sites (N-methyl/N-ethyl adjacent to an activating group) is 1. The first kappa shape index (κ1) is 16.4. The molecular formula is C20H22N4O3. The van der Waals surface area contributed by atoms with E-state index in [0.29, 0.717) is 17.4 Å². The molecule has 5 rings (SSSR count). The number of aromatic nitrogens is 2. The summed E-state index contributed by atoms with van der Waals surface area (Å²) in [6, 6.07) is 11.7. The molecular weight excluding hydrogens is 344 g/mol. The van der Waals surface area contributed by atoms with Crippen LogP contribution >= 0.6 is 0 Å². The Labute approximate surface area is 157 Å². The highest BCUT2D eigenvalue weighted by molar-refractivity contribution is 5.82. The van der Waals surface area contributed by atoms with Crippen molar-refractivity contribution >= 4 is 11.7 Å². The number of carbonyl (C=O) groups excluding carboxylic acids is 1. The van der Waals surface area contributed by atoms with Gasteiger partial charge >= 0.3 is 0 Å². The van der Waals surface area contributed by atoms with Crippen LogP contribution in [0.2, 0.25) is 0 Å². The molecule has 1 aliphatic carbocycles. The lowest BCUT2D eigenvalue weighted by Crippen LogP contribution is -2.62. The van der Waals surface area contributed by atoms with Crippen molar-refractivity contribution in [3.63, 3.8) is 0 Å². The second-order valence-corrected chi connectivity index (χ2v) is 7.46. The second-order valence-electron chi connectivity index (χ2n) is 7.46. The lowest BCUT2D eigenvalue weighted by atomic mass is 10.1. The van der Waals surface area contributed by atoms with E-state index >= 15 is 0 Å². The van der Waals surface area contributed by atoms with Gasteiger partial charge in [-0.25, -0.2) is 0 Å². The van der Waals surface area contributed by atoms with Crippen molar-refractivity contribution in [3.8, 4) is 11.5 Å². The van der Waals surface area contributed by atoms with Crippen LogP contribution in [0.25, 0.3) is 0 Å². The molecule has 0 spiro atoms. The number of rotatable bonds is 4. The Morgan fingerprint density at radius 3 is 2.59 bits per heavy atom. The van der Waals surface area contributed by atoms with E-state index in [1.165, 1.54) is 12.8 Å². The van der Waals surface area contributed by atoms with Crippen molar-refractivity contribution < 1.29 is 14.3 Å². The molecule has 1 saturated carbocycles. The van der Waals surface area contributed by atoms with E-state index in [1.807, 2.05) is 37.4 Å². The number of anilines is 1. The summed E-state index contributed by atoms with van der Waals surface area (Å²) in [5.74, 6) is 2.75. The van der Waals surface area contributed by atoms with Gasteiger partial charge in [0.1, 0.15) is 6.61 Å². The average molecular weight is 366 g/mol. The van der Waals surface area contributed by atoms with E-state index in [0.717, 1.165) is 24.6 Å². The van der Waals surface area contributed by atoms with Gasteiger partial charge < -0.3 is 19.3 Å². The van der Waals surface area contributed by atoms with Crippen LogP contribution in [-0.2, 0) is 4.79 Å². The Kier molecular flexibility index (Phi) is 3.88. The van der Waals surface area contributed by atoms with Crippen molar-refractivity contribution in [3.05, 3.63) is 42.1 Å². The van der Waals surface area contributed by atoms with Gasteiger partial charge in [-0.3, -0.25) is 4.79 Å². The van der Waals surface area contributed by atoms with Crippen molar-refractivity contribution in [2.75, 3.05) is 31.6 Å². The molecule has 27 heavy (non-hydrogen) atoms. The maximum Gasteiger partial charge on any atom is 0.267 e. The van der Waals surface area contributed by atoms with E-state index < -0.39 is 6.10 Å². The third kappa shape index (κ3) is 3.07. The van der Waals surface area contributed by atoms with E-state index in [-0.39, 0.29) is 18.6 Å². The molecule has 7 nitrogen and oxygen atoms in total. The highest BCUT2D eigenvalue weighted by atomic mass is 16.6. The predicted molar refractivity (Wildman–Crippen MR) is 99.1 cm³/mol. The fourth-order valence-electron chi connectivity index (χ4n) is 3.54. The van der Waals surface area contributed by atoms with E-state index in [2.05, 4.69) is 21.2 Å². The highest BCUT2D eigenvalue weighted by Gasteiger charge is 2.38. The number of hydrogen-bond acceptors (Lipinski definition) is 6. The van der Waals surface area contributed by atoms with Crippen molar-refractivity contribution in [2.45, 2.75) is 30.9 Å². The Morgan fingerprint density at radius 1 is 1.11 bits per heavy atom. The number of nitrogens with zero attached hydrogens (tertiary/aromatic N) is 4. The summed E-state index contributed by atoms with van der Waals surface area (Å²) in [6.45, 7) is 1.75. The number of fused-ring (bicyclic) bond motifs is 1. The molecule has 1 unspecified atom stereocenters. The van der Waals surface area contributed by atoms with Gasteiger partial charge in [0.25, 0.3) is 5.91 Å². The van der Waals surface area contributed by atoms with Crippen LogP contribution in [0.4, 0.5) is 5.82 Å². The summed E-state index contributed by atoms with van der Waals surface area (Å²) in [6.07, 6.45) is 1.85. The smallest absolute Gasteiger partial charge is 0.267 e. The number of carbonyl (C=O) groups is 1. The maximum atomic E-state index is 12.8. The lowest BCUT2D eigenvalue weighted by molar-refractivity contribution is -0.142. The fraction of sp³-hybridized carbons (Fsp3) is 0.450. The largest absolute Gasteiger partial charge is 0.485 e. The minimum absolute atomic E-state index is 0.0516.